The number of nitrogens with zero attached hydrogens (tertiary/aromatic N) is 4. The normalized spacial score (nSPS) is 12.5. The van der Waals surface area contributed by atoms with Crippen molar-refractivity contribution >= 4 is 5.91 Å². The summed E-state index contributed by atoms with van der Waals surface area (Å²) in [6.45, 7) is 7.74. The molecule has 6 nitrogen and oxygen atoms in total. The molecule has 0 saturated carbocycles. The predicted octanol–water partition coefficient (Wildman–Crippen LogP) is 1.81. The van der Waals surface area contributed by atoms with Gasteiger partial charge in [-0.15, -0.1) is 5.10 Å². The third-order valence-electron chi connectivity index (χ3n) is 3.32. The van der Waals surface area contributed by atoms with Crippen LogP contribution in [0.2, 0.25) is 0 Å². The van der Waals surface area contributed by atoms with Crippen molar-refractivity contribution in [1.82, 2.24) is 19.9 Å². The fourth-order valence-electron chi connectivity index (χ4n) is 2.22. The van der Waals surface area contributed by atoms with Crippen molar-refractivity contribution < 1.29 is 9.90 Å². The molecular formula is C16H22N4O2. The van der Waals surface area contributed by atoms with Gasteiger partial charge in [-0.2, -0.15) is 0 Å². The fraction of sp³-hybridized carbons (Fsp3) is 0.438. The molecule has 0 aliphatic rings. The average molecular weight is 302 g/mol. The van der Waals surface area contributed by atoms with Crippen LogP contribution in [-0.4, -0.2) is 49.6 Å². The lowest BCUT2D eigenvalue weighted by atomic mass is 10.2. The largest absolute Gasteiger partial charge is 0.392 e. The number of aliphatic hydroxyl groups excluding tert-OH is 1. The molecule has 1 atom stereocenters. The highest BCUT2D eigenvalue weighted by molar-refractivity contribution is 5.92. The minimum atomic E-state index is -0.585. The first-order chi connectivity index (χ1) is 10.4. The monoisotopic (exact) mass is 302 g/mol. The Labute approximate surface area is 130 Å². The van der Waals surface area contributed by atoms with Crippen molar-refractivity contribution in [2.45, 2.75) is 39.8 Å². The van der Waals surface area contributed by atoms with Crippen LogP contribution in [0.15, 0.2) is 30.5 Å². The maximum Gasteiger partial charge on any atom is 0.276 e. The number of amides is 1. The molecule has 0 fully saturated rings. The van der Waals surface area contributed by atoms with Gasteiger partial charge in [-0.3, -0.25) is 4.79 Å². The van der Waals surface area contributed by atoms with E-state index >= 15 is 0 Å². The number of aromatic nitrogens is 3. The summed E-state index contributed by atoms with van der Waals surface area (Å²) < 4.78 is 1.58. The first-order valence-electron chi connectivity index (χ1n) is 7.37. The Morgan fingerprint density at radius 2 is 2.09 bits per heavy atom. The molecule has 6 heteroatoms. The minimum Gasteiger partial charge on any atom is -0.392 e. The maximum absolute atomic E-state index is 12.5. The number of aliphatic hydroxyl groups is 1. The van der Waals surface area contributed by atoms with E-state index in [-0.39, 0.29) is 24.2 Å². The molecule has 1 aromatic carbocycles. The van der Waals surface area contributed by atoms with E-state index in [4.69, 9.17) is 0 Å². The van der Waals surface area contributed by atoms with E-state index in [1.807, 2.05) is 45.0 Å². The van der Waals surface area contributed by atoms with Crippen LogP contribution in [-0.2, 0) is 0 Å². The van der Waals surface area contributed by atoms with Crippen LogP contribution in [0, 0.1) is 6.92 Å². The lowest BCUT2D eigenvalue weighted by Crippen LogP contribution is -2.41. The molecule has 0 spiro atoms. The molecule has 0 saturated heterocycles. The lowest BCUT2D eigenvalue weighted by molar-refractivity contribution is 0.0573. The van der Waals surface area contributed by atoms with E-state index in [0.29, 0.717) is 0 Å². The van der Waals surface area contributed by atoms with Gasteiger partial charge in [-0.25, -0.2) is 4.68 Å². The zero-order valence-electron chi connectivity index (χ0n) is 13.4. The second kappa shape index (κ2) is 6.70. The highest BCUT2D eigenvalue weighted by Gasteiger charge is 2.23. The van der Waals surface area contributed by atoms with Crippen LogP contribution in [0.1, 0.15) is 36.8 Å². The van der Waals surface area contributed by atoms with Crippen LogP contribution in [0.25, 0.3) is 5.69 Å². The molecule has 0 radical (unpaired) electrons. The van der Waals surface area contributed by atoms with Gasteiger partial charge < -0.3 is 10.0 Å². The van der Waals surface area contributed by atoms with Crippen LogP contribution in [0.5, 0.6) is 0 Å². The fourth-order valence-corrected chi connectivity index (χ4v) is 2.22. The van der Waals surface area contributed by atoms with E-state index in [1.54, 1.807) is 22.7 Å². The summed E-state index contributed by atoms with van der Waals surface area (Å²) in [4.78, 5) is 14.1. The van der Waals surface area contributed by atoms with Gasteiger partial charge in [0.1, 0.15) is 0 Å². The summed E-state index contributed by atoms with van der Waals surface area (Å²) in [5, 5.41) is 17.5. The van der Waals surface area contributed by atoms with Crippen LogP contribution in [0.3, 0.4) is 0 Å². The van der Waals surface area contributed by atoms with Crippen molar-refractivity contribution in [2.24, 2.45) is 0 Å². The Bertz CT molecular complexity index is 649. The van der Waals surface area contributed by atoms with Crippen LogP contribution < -0.4 is 0 Å². The van der Waals surface area contributed by atoms with E-state index in [2.05, 4.69) is 10.3 Å². The number of benzene rings is 1. The van der Waals surface area contributed by atoms with Gasteiger partial charge in [-0.1, -0.05) is 17.3 Å². The highest BCUT2D eigenvalue weighted by Crippen LogP contribution is 2.12. The summed E-state index contributed by atoms with van der Waals surface area (Å²) >= 11 is 0. The van der Waals surface area contributed by atoms with Crippen molar-refractivity contribution in [3.8, 4) is 5.69 Å². The molecule has 2 rings (SSSR count). The number of aryl methyl sites for hydroxylation is 1. The molecule has 1 N–H and O–H groups in total. The third kappa shape index (κ3) is 3.71. The third-order valence-corrected chi connectivity index (χ3v) is 3.32. The summed E-state index contributed by atoms with van der Waals surface area (Å²) in [6, 6.07) is 7.79. The predicted molar refractivity (Wildman–Crippen MR) is 83.9 cm³/mol. The van der Waals surface area contributed by atoms with Gasteiger partial charge in [-0.05, 0) is 45.4 Å². The minimum absolute atomic E-state index is 0.0220. The zero-order chi connectivity index (χ0) is 16.3. The number of hydrogen-bond acceptors (Lipinski definition) is 4. The number of carbonyl (C=O) groups is 1. The van der Waals surface area contributed by atoms with Gasteiger partial charge in [0.05, 0.1) is 18.0 Å². The molecule has 0 bridgehead atoms. The molecule has 0 aliphatic heterocycles. The van der Waals surface area contributed by atoms with E-state index in [1.165, 1.54) is 0 Å². The van der Waals surface area contributed by atoms with E-state index in [0.717, 1.165) is 11.3 Å². The Morgan fingerprint density at radius 3 is 2.68 bits per heavy atom. The Hall–Kier alpha value is -2.21. The molecule has 1 heterocycles. The topological polar surface area (TPSA) is 71.2 Å². The Morgan fingerprint density at radius 1 is 1.36 bits per heavy atom. The van der Waals surface area contributed by atoms with Gasteiger partial charge in [0.15, 0.2) is 5.69 Å². The first kappa shape index (κ1) is 16.2. The second-order valence-corrected chi connectivity index (χ2v) is 5.79. The van der Waals surface area contributed by atoms with Crippen molar-refractivity contribution in [2.75, 3.05) is 6.54 Å². The first-order valence-corrected chi connectivity index (χ1v) is 7.37. The van der Waals surface area contributed by atoms with Gasteiger partial charge in [0.25, 0.3) is 5.91 Å². The average Bonchev–Trinajstić information content (AvgIpc) is 2.93. The van der Waals surface area contributed by atoms with E-state index < -0.39 is 6.10 Å². The molecule has 0 aliphatic carbocycles. The van der Waals surface area contributed by atoms with Gasteiger partial charge >= 0.3 is 0 Å². The number of rotatable bonds is 5. The summed E-state index contributed by atoms with van der Waals surface area (Å²) in [6.07, 6.45) is 1.03. The Kier molecular flexibility index (Phi) is 4.92. The standard InChI is InChI=1S/C16H22N4O2/c1-11(2)19(9-13(4)21)16(22)15-10-20(18-17-15)14-7-5-6-12(3)8-14/h5-8,10-11,13,21H,9H2,1-4H3. The van der Waals surface area contributed by atoms with Gasteiger partial charge in [0.2, 0.25) is 0 Å². The molecule has 1 aromatic heterocycles. The molecule has 1 unspecified atom stereocenters. The summed E-state index contributed by atoms with van der Waals surface area (Å²) in [5.41, 5.74) is 2.24. The molecule has 1 amide bonds. The van der Waals surface area contributed by atoms with Gasteiger partial charge in [0, 0.05) is 12.6 Å². The smallest absolute Gasteiger partial charge is 0.276 e. The SMILES string of the molecule is Cc1cccc(-n2cc(C(=O)N(CC(C)O)C(C)C)nn2)c1. The molecule has 2 aromatic rings. The lowest BCUT2D eigenvalue weighted by Gasteiger charge is -2.26. The number of hydrogen-bond donors (Lipinski definition) is 1. The molecular weight excluding hydrogens is 280 g/mol. The second-order valence-electron chi connectivity index (χ2n) is 5.79. The molecule has 118 valence electrons. The highest BCUT2D eigenvalue weighted by atomic mass is 16.3. The Balaban J connectivity index is 2.24. The van der Waals surface area contributed by atoms with E-state index in [9.17, 15) is 9.90 Å². The van der Waals surface area contributed by atoms with Crippen molar-refractivity contribution in [1.29, 1.82) is 0 Å². The van der Waals surface area contributed by atoms with Crippen molar-refractivity contribution in [3.05, 3.63) is 41.7 Å². The maximum atomic E-state index is 12.5. The van der Waals surface area contributed by atoms with Crippen molar-refractivity contribution in [3.63, 3.8) is 0 Å². The zero-order valence-corrected chi connectivity index (χ0v) is 13.4. The molecule has 22 heavy (non-hydrogen) atoms. The quantitative estimate of drug-likeness (QED) is 0.914. The van der Waals surface area contributed by atoms with Crippen LogP contribution >= 0.6 is 0 Å². The summed E-state index contributed by atoms with van der Waals surface area (Å²) in [7, 11) is 0. The summed E-state index contributed by atoms with van der Waals surface area (Å²) in [5.74, 6) is -0.227. The van der Waals surface area contributed by atoms with Crippen LogP contribution in [0.4, 0.5) is 0 Å². The number of carbonyl (C=O) groups excluding carboxylic acids is 1.